The van der Waals surface area contributed by atoms with Gasteiger partial charge in [0, 0.05) is 38.2 Å². The van der Waals surface area contributed by atoms with Gasteiger partial charge in [-0.3, -0.25) is 9.59 Å². The number of allylic oxidation sites excluding steroid dienone is 4. The van der Waals surface area contributed by atoms with Crippen LogP contribution in [0.3, 0.4) is 0 Å². The van der Waals surface area contributed by atoms with Crippen LogP contribution in [-0.2, 0) is 14.3 Å². The summed E-state index contributed by atoms with van der Waals surface area (Å²) in [6.07, 6.45) is 19.5. The summed E-state index contributed by atoms with van der Waals surface area (Å²) in [5, 5.41) is 0.0155. The quantitative estimate of drug-likeness (QED) is 0.0703. The molecule has 0 aliphatic rings. The van der Waals surface area contributed by atoms with Gasteiger partial charge in [0.2, 0.25) is 0 Å². The monoisotopic (exact) mass is 510 g/mol. The van der Waals surface area contributed by atoms with Crippen LogP contribution in [0.5, 0.6) is 0 Å². The van der Waals surface area contributed by atoms with Crippen LogP contribution in [0.4, 0.5) is 4.79 Å². The van der Waals surface area contributed by atoms with Crippen molar-refractivity contribution in [1.82, 2.24) is 9.80 Å². The minimum absolute atomic E-state index is 0.0155. The summed E-state index contributed by atoms with van der Waals surface area (Å²) in [4.78, 5) is 39.7. The molecule has 0 bridgehead atoms. The number of ether oxygens (including phenoxy) is 1. The minimum atomic E-state index is -0.189. The average Bonchev–Trinajstić information content (AvgIpc) is 2.82. The van der Waals surface area contributed by atoms with Gasteiger partial charge in [0.1, 0.15) is 12.4 Å². The SMILES string of the molecule is CCC/C=C/CCC(CC/C=C/CCC)OC(=O)CCCN(CCCC=O)C(=O)SCCN(C)C. The molecular weight excluding hydrogens is 460 g/mol. The molecule has 7 heteroatoms. The third-order valence-corrected chi connectivity index (χ3v) is 6.33. The Labute approximate surface area is 218 Å². The number of nitrogens with zero attached hydrogens (tertiary/aromatic N) is 2. The summed E-state index contributed by atoms with van der Waals surface area (Å²) < 4.78 is 5.83. The zero-order valence-electron chi connectivity index (χ0n) is 22.7. The standard InChI is InChI=1S/C28H50N2O4S/c1-5-7-9-11-13-18-26(19-14-12-10-8-6-2)34-27(32)20-17-22-30(21-15-16-24-31)28(33)35-25-23-29(3)4/h9-12,24,26H,5-8,13-23,25H2,1-4H3/b11-9+,12-10+. The Morgan fingerprint density at radius 1 is 0.829 bits per heavy atom. The van der Waals surface area contributed by atoms with Gasteiger partial charge in [0.25, 0.3) is 5.24 Å². The molecule has 0 spiro atoms. The Kier molecular flexibility index (Phi) is 23.0. The van der Waals surface area contributed by atoms with E-state index in [-0.39, 0.29) is 17.3 Å². The molecule has 0 aromatic carbocycles. The molecule has 35 heavy (non-hydrogen) atoms. The lowest BCUT2D eigenvalue weighted by atomic mass is 10.1. The van der Waals surface area contributed by atoms with E-state index in [0.29, 0.717) is 38.8 Å². The van der Waals surface area contributed by atoms with Crippen molar-refractivity contribution in [3.05, 3.63) is 24.3 Å². The first-order chi connectivity index (χ1) is 16.9. The van der Waals surface area contributed by atoms with Crippen LogP contribution in [-0.4, -0.2) is 72.9 Å². The van der Waals surface area contributed by atoms with Crippen molar-refractivity contribution in [3.8, 4) is 0 Å². The first-order valence-electron chi connectivity index (χ1n) is 13.4. The molecule has 0 aromatic rings. The molecule has 1 amide bonds. The predicted molar refractivity (Wildman–Crippen MR) is 149 cm³/mol. The summed E-state index contributed by atoms with van der Waals surface area (Å²) >= 11 is 1.30. The Hall–Kier alpha value is -1.60. The molecule has 0 rings (SSSR count). The fourth-order valence-corrected chi connectivity index (χ4v) is 4.35. The van der Waals surface area contributed by atoms with Crippen molar-refractivity contribution in [2.75, 3.05) is 39.5 Å². The first-order valence-corrected chi connectivity index (χ1v) is 14.4. The summed E-state index contributed by atoms with van der Waals surface area (Å²) in [7, 11) is 3.96. The highest BCUT2D eigenvalue weighted by Crippen LogP contribution is 2.15. The van der Waals surface area contributed by atoms with Crippen LogP contribution in [0.25, 0.3) is 0 Å². The number of rotatable bonds is 22. The summed E-state index contributed by atoms with van der Waals surface area (Å²) in [6.45, 7) is 6.20. The van der Waals surface area contributed by atoms with E-state index >= 15 is 0 Å². The molecule has 0 radical (unpaired) electrons. The molecule has 6 nitrogen and oxygen atoms in total. The highest BCUT2D eigenvalue weighted by atomic mass is 32.2. The first kappa shape index (κ1) is 33.4. The van der Waals surface area contributed by atoms with Crippen molar-refractivity contribution < 1.29 is 19.1 Å². The molecule has 0 saturated heterocycles. The second-order valence-electron chi connectivity index (χ2n) is 9.10. The van der Waals surface area contributed by atoms with Crippen LogP contribution in [0.2, 0.25) is 0 Å². The van der Waals surface area contributed by atoms with Crippen molar-refractivity contribution in [3.63, 3.8) is 0 Å². The van der Waals surface area contributed by atoms with Gasteiger partial charge in [-0.05, 0) is 65.5 Å². The van der Waals surface area contributed by atoms with Gasteiger partial charge in [-0.2, -0.15) is 0 Å². The molecule has 0 unspecified atom stereocenters. The van der Waals surface area contributed by atoms with E-state index in [9.17, 15) is 14.4 Å². The Morgan fingerprint density at radius 2 is 1.40 bits per heavy atom. The van der Waals surface area contributed by atoms with E-state index in [1.807, 2.05) is 19.0 Å². The Balaban J connectivity index is 4.66. The van der Waals surface area contributed by atoms with Crippen LogP contribution < -0.4 is 0 Å². The number of unbranched alkanes of at least 4 members (excludes halogenated alkanes) is 3. The number of aldehydes is 1. The van der Waals surface area contributed by atoms with Crippen molar-refractivity contribution >= 4 is 29.3 Å². The lowest BCUT2D eigenvalue weighted by Crippen LogP contribution is -2.31. The molecule has 0 aliphatic heterocycles. The fourth-order valence-electron chi connectivity index (χ4n) is 3.36. The molecule has 0 fully saturated rings. The van der Waals surface area contributed by atoms with Gasteiger partial charge in [-0.25, -0.2) is 0 Å². The van der Waals surface area contributed by atoms with E-state index in [0.717, 1.165) is 70.0 Å². The number of hydrogen-bond donors (Lipinski definition) is 0. The van der Waals surface area contributed by atoms with E-state index in [1.54, 1.807) is 4.90 Å². The number of thioether (sulfide) groups is 1. The van der Waals surface area contributed by atoms with Gasteiger partial charge >= 0.3 is 5.97 Å². The van der Waals surface area contributed by atoms with Gasteiger partial charge < -0.3 is 19.3 Å². The molecule has 0 saturated carbocycles. The van der Waals surface area contributed by atoms with Crippen molar-refractivity contribution in [2.45, 2.75) is 97.0 Å². The number of esters is 1. The third kappa shape index (κ3) is 21.4. The highest BCUT2D eigenvalue weighted by molar-refractivity contribution is 8.13. The maximum atomic E-state index is 12.6. The average molecular weight is 511 g/mol. The highest BCUT2D eigenvalue weighted by Gasteiger charge is 2.17. The Morgan fingerprint density at radius 3 is 1.94 bits per heavy atom. The topological polar surface area (TPSA) is 66.9 Å². The molecule has 0 heterocycles. The normalized spacial score (nSPS) is 11.7. The second-order valence-corrected chi connectivity index (χ2v) is 10.2. The molecule has 0 N–H and O–H groups in total. The van der Waals surface area contributed by atoms with Crippen LogP contribution in [0.15, 0.2) is 24.3 Å². The van der Waals surface area contributed by atoms with Crippen LogP contribution in [0, 0.1) is 0 Å². The van der Waals surface area contributed by atoms with Crippen molar-refractivity contribution in [1.29, 1.82) is 0 Å². The van der Waals surface area contributed by atoms with E-state index in [1.165, 1.54) is 11.8 Å². The number of carbonyl (C=O) groups is 3. The van der Waals surface area contributed by atoms with E-state index in [2.05, 4.69) is 38.2 Å². The maximum absolute atomic E-state index is 12.6. The summed E-state index contributed by atoms with van der Waals surface area (Å²) in [5.41, 5.74) is 0. The molecular formula is C28H50N2O4S. The zero-order chi connectivity index (χ0) is 26.2. The number of amides is 1. The second kappa shape index (κ2) is 24.1. The van der Waals surface area contributed by atoms with Gasteiger partial charge in [0.15, 0.2) is 0 Å². The molecule has 0 atom stereocenters. The Bertz CT molecular complexity index is 588. The van der Waals surface area contributed by atoms with Gasteiger partial charge in [-0.15, -0.1) is 0 Å². The molecule has 202 valence electrons. The zero-order valence-corrected chi connectivity index (χ0v) is 23.5. The molecule has 0 aliphatic carbocycles. The third-order valence-electron chi connectivity index (χ3n) is 5.43. The summed E-state index contributed by atoms with van der Waals surface area (Å²) in [5.74, 6) is 0.532. The lowest BCUT2D eigenvalue weighted by molar-refractivity contribution is -0.149. The smallest absolute Gasteiger partial charge is 0.306 e. The van der Waals surface area contributed by atoms with E-state index < -0.39 is 0 Å². The number of carbonyl (C=O) groups excluding carboxylic acids is 3. The number of hydrogen-bond acceptors (Lipinski definition) is 6. The van der Waals surface area contributed by atoms with Crippen molar-refractivity contribution in [2.24, 2.45) is 0 Å². The molecule has 0 aromatic heterocycles. The van der Waals surface area contributed by atoms with Crippen LogP contribution >= 0.6 is 11.8 Å². The van der Waals surface area contributed by atoms with E-state index in [4.69, 9.17) is 4.74 Å². The largest absolute Gasteiger partial charge is 0.462 e. The summed E-state index contributed by atoms with van der Waals surface area (Å²) in [6, 6.07) is 0. The predicted octanol–water partition coefficient (Wildman–Crippen LogP) is 6.65. The van der Waals surface area contributed by atoms with Crippen LogP contribution in [0.1, 0.15) is 90.9 Å². The maximum Gasteiger partial charge on any atom is 0.306 e. The minimum Gasteiger partial charge on any atom is -0.462 e. The van der Waals surface area contributed by atoms with Gasteiger partial charge in [0.05, 0.1) is 0 Å². The van der Waals surface area contributed by atoms with Gasteiger partial charge in [-0.1, -0.05) is 62.8 Å². The lowest BCUT2D eigenvalue weighted by Gasteiger charge is -2.22. The fraction of sp³-hybridized carbons (Fsp3) is 0.750.